The van der Waals surface area contributed by atoms with Crippen LogP contribution in [0.15, 0.2) is 24.3 Å². The molecule has 2 N–H and O–H groups in total. The van der Waals surface area contributed by atoms with Crippen molar-refractivity contribution in [3.05, 3.63) is 29.8 Å². The first-order valence-electron chi connectivity index (χ1n) is 7.57. The van der Waals surface area contributed by atoms with Gasteiger partial charge in [-0.2, -0.15) is 0 Å². The summed E-state index contributed by atoms with van der Waals surface area (Å²) in [6.07, 6.45) is 5.24. The standard InChI is InChI=1S/C17H23NO3/c1-13-5-7-14(8-6-13)18-15(19)11-17(12-16(20)21)9-3-2-4-10-17/h5-8H,2-4,9-12H2,1H3,(H,18,19)(H,20,21). The fourth-order valence-electron chi connectivity index (χ4n) is 3.22. The SMILES string of the molecule is Cc1ccc(NC(=O)CC2(CC(=O)O)CCCCC2)cc1. The maximum absolute atomic E-state index is 12.2. The molecule has 0 bridgehead atoms. The highest BCUT2D eigenvalue weighted by Gasteiger charge is 2.36. The third kappa shape index (κ3) is 4.59. The van der Waals surface area contributed by atoms with Gasteiger partial charge in [0, 0.05) is 12.1 Å². The Balaban J connectivity index is 2.00. The molecule has 1 aliphatic carbocycles. The smallest absolute Gasteiger partial charge is 0.303 e. The molecule has 4 nitrogen and oxygen atoms in total. The molecule has 0 unspecified atom stereocenters. The second-order valence-corrected chi connectivity index (χ2v) is 6.22. The van der Waals surface area contributed by atoms with Gasteiger partial charge in [0.25, 0.3) is 0 Å². The number of rotatable bonds is 5. The summed E-state index contributed by atoms with van der Waals surface area (Å²) in [6, 6.07) is 7.64. The summed E-state index contributed by atoms with van der Waals surface area (Å²) in [4.78, 5) is 23.4. The summed E-state index contributed by atoms with van der Waals surface area (Å²) in [6.45, 7) is 2.00. The van der Waals surface area contributed by atoms with E-state index in [-0.39, 0.29) is 17.7 Å². The normalized spacial score (nSPS) is 17.2. The van der Waals surface area contributed by atoms with Crippen LogP contribution in [0, 0.1) is 12.3 Å². The second kappa shape index (κ2) is 6.74. The molecule has 1 fully saturated rings. The fourth-order valence-corrected chi connectivity index (χ4v) is 3.22. The first-order valence-corrected chi connectivity index (χ1v) is 7.57. The number of hydrogen-bond acceptors (Lipinski definition) is 2. The van der Waals surface area contributed by atoms with E-state index in [2.05, 4.69) is 5.32 Å². The van der Waals surface area contributed by atoms with Gasteiger partial charge in [-0.3, -0.25) is 9.59 Å². The van der Waals surface area contributed by atoms with Gasteiger partial charge in [-0.15, -0.1) is 0 Å². The molecule has 1 aliphatic rings. The monoisotopic (exact) mass is 289 g/mol. The molecule has 0 atom stereocenters. The molecule has 114 valence electrons. The van der Waals surface area contributed by atoms with Crippen LogP contribution < -0.4 is 5.32 Å². The molecule has 0 saturated heterocycles. The minimum Gasteiger partial charge on any atom is -0.481 e. The zero-order valence-electron chi connectivity index (χ0n) is 12.5. The third-order valence-electron chi connectivity index (χ3n) is 4.31. The maximum atomic E-state index is 12.2. The maximum Gasteiger partial charge on any atom is 0.303 e. The van der Waals surface area contributed by atoms with Crippen molar-refractivity contribution in [3.63, 3.8) is 0 Å². The largest absolute Gasteiger partial charge is 0.481 e. The van der Waals surface area contributed by atoms with Crippen molar-refractivity contribution >= 4 is 17.6 Å². The van der Waals surface area contributed by atoms with Crippen molar-refractivity contribution in [2.24, 2.45) is 5.41 Å². The van der Waals surface area contributed by atoms with Gasteiger partial charge >= 0.3 is 5.97 Å². The van der Waals surface area contributed by atoms with Gasteiger partial charge in [0.15, 0.2) is 0 Å². The lowest BCUT2D eigenvalue weighted by Gasteiger charge is -2.35. The lowest BCUT2D eigenvalue weighted by atomic mass is 9.69. The van der Waals surface area contributed by atoms with E-state index in [0.29, 0.717) is 6.42 Å². The number of nitrogens with one attached hydrogen (secondary N) is 1. The first-order chi connectivity index (χ1) is 9.99. The third-order valence-corrected chi connectivity index (χ3v) is 4.31. The molecule has 0 spiro atoms. The molecule has 0 heterocycles. The van der Waals surface area contributed by atoms with Crippen molar-refractivity contribution in [1.29, 1.82) is 0 Å². The number of hydrogen-bond donors (Lipinski definition) is 2. The lowest BCUT2D eigenvalue weighted by molar-refractivity contribution is -0.140. The Kier molecular flexibility index (Phi) is 4.99. The number of carboxylic acids is 1. The number of amides is 1. The van der Waals surface area contributed by atoms with Crippen LogP contribution in [-0.2, 0) is 9.59 Å². The molecule has 0 radical (unpaired) electrons. The second-order valence-electron chi connectivity index (χ2n) is 6.22. The van der Waals surface area contributed by atoms with Gasteiger partial charge in [0.1, 0.15) is 0 Å². The van der Waals surface area contributed by atoms with Crippen LogP contribution in [0.2, 0.25) is 0 Å². The predicted molar refractivity (Wildman–Crippen MR) is 82.2 cm³/mol. The zero-order chi connectivity index (χ0) is 15.3. The van der Waals surface area contributed by atoms with Crippen molar-refractivity contribution < 1.29 is 14.7 Å². The summed E-state index contributed by atoms with van der Waals surface area (Å²) < 4.78 is 0. The molecule has 0 aromatic heterocycles. The van der Waals surface area contributed by atoms with Crippen molar-refractivity contribution in [3.8, 4) is 0 Å². The van der Waals surface area contributed by atoms with Crippen LogP contribution in [0.3, 0.4) is 0 Å². The Hall–Kier alpha value is -1.84. The van der Waals surface area contributed by atoms with E-state index in [0.717, 1.165) is 43.4 Å². The van der Waals surface area contributed by atoms with Gasteiger partial charge < -0.3 is 10.4 Å². The van der Waals surface area contributed by atoms with E-state index in [1.165, 1.54) is 0 Å². The van der Waals surface area contributed by atoms with Gasteiger partial charge in [-0.1, -0.05) is 37.0 Å². The number of aryl methyl sites for hydroxylation is 1. The molecule has 1 aromatic carbocycles. The molecular weight excluding hydrogens is 266 g/mol. The Morgan fingerprint density at radius 2 is 1.71 bits per heavy atom. The van der Waals surface area contributed by atoms with E-state index in [1.54, 1.807) is 0 Å². The van der Waals surface area contributed by atoms with E-state index in [4.69, 9.17) is 5.11 Å². The summed E-state index contributed by atoms with van der Waals surface area (Å²) in [5.41, 5.74) is 1.55. The zero-order valence-corrected chi connectivity index (χ0v) is 12.5. The molecule has 4 heteroatoms. The summed E-state index contributed by atoms with van der Waals surface area (Å²) in [5.74, 6) is -0.887. The molecule has 2 rings (SSSR count). The molecule has 21 heavy (non-hydrogen) atoms. The van der Waals surface area contributed by atoms with E-state index in [1.807, 2.05) is 31.2 Å². The van der Waals surface area contributed by atoms with Gasteiger partial charge in [-0.05, 0) is 37.3 Å². The van der Waals surface area contributed by atoms with Crippen molar-refractivity contribution in [2.45, 2.75) is 51.9 Å². The first kappa shape index (κ1) is 15.5. The van der Waals surface area contributed by atoms with Crippen LogP contribution in [-0.4, -0.2) is 17.0 Å². The van der Waals surface area contributed by atoms with Crippen LogP contribution in [0.5, 0.6) is 0 Å². The highest BCUT2D eigenvalue weighted by molar-refractivity contribution is 5.91. The Bertz CT molecular complexity index is 501. The van der Waals surface area contributed by atoms with E-state index < -0.39 is 5.97 Å². The molecule has 1 saturated carbocycles. The Morgan fingerprint density at radius 1 is 1.10 bits per heavy atom. The number of anilines is 1. The molecule has 0 aliphatic heterocycles. The van der Waals surface area contributed by atoms with Gasteiger partial charge in [-0.25, -0.2) is 0 Å². The highest BCUT2D eigenvalue weighted by atomic mass is 16.4. The molecular formula is C17H23NO3. The summed E-state index contributed by atoms with van der Waals surface area (Å²) >= 11 is 0. The van der Waals surface area contributed by atoms with Crippen LogP contribution >= 0.6 is 0 Å². The summed E-state index contributed by atoms with van der Waals surface area (Å²) in [5, 5.41) is 12.0. The number of carbonyl (C=O) groups excluding carboxylic acids is 1. The molecule has 1 amide bonds. The van der Waals surface area contributed by atoms with Gasteiger partial charge in [0.05, 0.1) is 6.42 Å². The average Bonchev–Trinajstić information content (AvgIpc) is 2.41. The number of carboxylic acid groups (broad SMARTS) is 1. The topological polar surface area (TPSA) is 66.4 Å². The van der Waals surface area contributed by atoms with Crippen LogP contribution in [0.4, 0.5) is 5.69 Å². The minimum absolute atomic E-state index is 0.0815. The number of carbonyl (C=O) groups is 2. The average molecular weight is 289 g/mol. The molecule has 1 aromatic rings. The minimum atomic E-state index is -0.806. The van der Waals surface area contributed by atoms with Crippen molar-refractivity contribution in [2.75, 3.05) is 5.32 Å². The number of aliphatic carboxylic acids is 1. The van der Waals surface area contributed by atoms with Crippen LogP contribution in [0.25, 0.3) is 0 Å². The number of benzene rings is 1. The predicted octanol–water partition coefficient (Wildman–Crippen LogP) is 3.75. The Labute approximate surface area is 125 Å². The van der Waals surface area contributed by atoms with E-state index >= 15 is 0 Å². The van der Waals surface area contributed by atoms with Gasteiger partial charge in [0.2, 0.25) is 5.91 Å². The Morgan fingerprint density at radius 3 is 2.29 bits per heavy atom. The summed E-state index contributed by atoms with van der Waals surface area (Å²) in [7, 11) is 0. The quantitative estimate of drug-likeness (QED) is 0.867. The fraction of sp³-hybridized carbons (Fsp3) is 0.529. The highest BCUT2D eigenvalue weighted by Crippen LogP contribution is 2.42. The lowest BCUT2D eigenvalue weighted by Crippen LogP contribution is -2.32. The van der Waals surface area contributed by atoms with Crippen molar-refractivity contribution in [1.82, 2.24) is 0 Å². The van der Waals surface area contributed by atoms with Crippen LogP contribution in [0.1, 0.15) is 50.5 Å². The van der Waals surface area contributed by atoms with E-state index in [9.17, 15) is 9.59 Å².